The lowest BCUT2D eigenvalue weighted by atomic mass is 10.0. The lowest BCUT2D eigenvalue weighted by molar-refractivity contribution is 1.16. The quantitative estimate of drug-likeness (QED) is 0.755. The second kappa shape index (κ2) is 3.70. The Morgan fingerprint density at radius 2 is 1.71 bits per heavy atom. The maximum atomic E-state index is 3.22. The van der Waals surface area contributed by atoms with Crippen LogP contribution in [0.5, 0.6) is 0 Å². The Bertz CT molecular complexity index is 403. The molecule has 0 aliphatic rings. The summed E-state index contributed by atoms with van der Waals surface area (Å²) < 4.78 is 0. The van der Waals surface area contributed by atoms with Crippen molar-refractivity contribution in [1.82, 2.24) is 0 Å². The number of hydrogen-bond acceptors (Lipinski definition) is 1. The number of hydrogen-bond donors (Lipinski definition) is 1. The van der Waals surface area contributed by atoms with Gasteiger partial charge in [-0.15, -0.1) is 0 Å². The molecular formula is C13H15N. The first kappa shape index (κ1) is 9.07. The number of rotatable bonds is 2. The fraction of sp³-hybridized carbons (Fsp3) is 0.231. The Kier molecular flexibility index (Phi) is 2.40. The van der Waals surface area contributed by atoms with Gasteiger partial charge >= 0.3 is 0 Å². The second-order valence-corrected chi connectivity index (χ2v) is 3.42. The Morgan fingerprint density at radius 1 is 1.00 bits per heavy atom. The van der Waals surface area contributed by atoms with Gasteiger partial charge in [-0.05, 0) is 23.4 Å². The predicted octanol–water partition coefficient (Wildman–Crippen LogP) is 3.44. The average Bonchev–Trinajstić information content (AvgIpc) is 2.27. The summed E-state index contributed by atoms with van der Waals surface area (Å²) >= 11 is 0. The zero-order valence-corrected chi connectivity index (χ0v) is 8.67. The maximum absolute atomic E-state index is 3.22. The normalized spacial score (nSPS) is 10.4. The van der Waals surface area contributed by atoms with Crippen molar-refractivity contribution >= 4 is 16.5 Å². The lowest BCUT2D eigenvalue weighted by Crippen LogP contribution is -1.90. The maximum Gasteiger partial charge on any atom is 0.0417 e. The van der Waals surface area contributed by atoms with Crippen LogP contribution in [0.4, 0.5) is 5.69 Å². The molecule has 1 N–H and O–H groups in total. The molecular weight excluding hydrogens is 170 g/mol. The molecule has 72 valence electrons. The highest BCUT2D eigenvalue weighted by molar-refractivity contribution is 5.95. The molecule has 0 spiro atoms. The van der Waals surface area contributed by atoms with E-state index in [1.807, 2.05) is 7.05 Å². The molecule has 0 bridgehead atoms. The van der Waals surface area contributed by atoms with E-state index in [1.165, 1.54) is 22.0 Å². The van der Waals surface area contributed by atoms with Gasteiger partial charge in [-0.25, -0.2) is 0 Å². The number of nitrogens with one attached hydrogen (secondary N) is 1. The van der Waals surface area contributed by atoms with Crippen LogP contribution in [0.3, 0.4) is 0 Å². The first-order valence-electron chi connectivity index (χ1n) is 5.05. The molecule has 0 radical (unpaired) electrons. The fourth-order valence-corrected chi connectivity index (χ4v) is 1.90. The van der Waals surface area contributed by atoms with E-state index < -0.39 is 0 Å². The van der Waals surface area contributed by atoms with Crippen molar-refractivity contribution in [2.24, 2.45) is 0 Å². The SMILES string of the molecule is CCc1cccc2c(NC)cccc12. The van der Waals surface area contributed by atoms with Gasteiger partial charge in [0.25, 0.3) is 0 Å². The lowest BCUT2D eigenvalue weighted by Gasteiger charge is -2.08. The molecule has 0 amide bonds. The van der Waals surface area contributed by atoms with Crippen LogP contribution in [0.25, 0.3) is 10.8 Å². The van der Waals surface area contributed by atoms with Crippen LogP contribution in [0.15, 0.2) is 36.4 Å². The molecule has 1 heteroatoms. The molecule has 0 aromatic heterocycles. The molecule has 0 fully saturated rings. The summed E-state index contributed by atoms with van der Waals surface area (Å²) in [7, 11) is 1.97. The van der Waals surface area contributed by atoms with Gasteiger partial charge in [0.1, 0.15) is 0 Å². The van der Waals surface area contributed by atoms with Crippen LogP contribution in [0.2, 0.25) is 0 Å². The zero-order chi connectivity index (χ0) is 9.97. The van der Waals surface area contributed by atoms with Crippen molar-refractivity contribution in [2.45, 2.75) is 13.3 Å². The topological polar surface area (TPSA) is 12.0 Å². The Morgan fingerprint density at radius 3 is 2.43 bits per heavy atom. The van der Waals surface area contributed by atoms with Crippen molar-refractivity contribution in [3.8, 4) is 0 Å². The van der Waals surface area contributed by atoms with Crippen LogP contribution in [-0.2, 0) is 6.42 Å². The standard InChI is InChI=1S/C13H15N/c1-3-10-6-4-8-12-11(10)7-5-9-13(12)14-2/h4-9,14H,3H2,1-2H3. The van der Waals surface area contributed by atoms with Crippen LogP contribution in [-0.4, -0.2) is 7.05 Å². The number of fused-ring (bicyclic) bond motifs is 1. The second-order valence-electron chi connectivity index (χ2n) is 3.42. The van der Waals surface area contributed by atoms with Crippen LogP contribution in [0.1, 0.15) is 12.5 Å². The van der Waals surface area contributed by atoms with Gasteiger partial charge in [0.05, 0.1) is 0 Å². The van der Waals surface area contributed by atoms with Gasteiger partial charge in [-0.1, -0.05) is 37.3 Å². The van der Waals surface area contributed by atoms with Crippen molar-refractivity contribution in [2.75, 3.05) is 12.4 Å². The Labute approximate surface area is 84.8 Å². The molecule has 0 saturated carbocycles. The summed E-state index contributed by atoms with van der Waals surface area (Å²) in [6.07, 6.45) is 1.09. The monoisotopic (exact) mass is 185 g/mol. The fourth-order valence-electron chi connectivity index (χ4n) is 1.90. The zero-order valence-electron chi connectivity index (χ0n) is 8.67. The minimum absolute atomic E-state index is 1.09. The van der Waals surface area contributed by atoms with Crippen molar-refractivity contribution in [3.63, 3.8) is 0 Å². The summed E-state index contributed by atoms with van der Waals surface area (Å²) in [5.74, 6) is 0. The molecule has 2 aromatic rings. The molecule has 2 aromatic carbocycles. The number of anilines is 1. The third-order valence-electron chi connectivity index (χ3n) is 2.66. The molecule has 0 atom stereocenters. The Balaban J connectivity index is 2.77. The van der Waals surface area contributed by atoms with Crippen LogP contribution >= 0.6 is 0 Å². The van der Waals surface area contributed by atoms with E-state index in [0.29, 0.717) is 0 Å². The minimum atomic E-state index is 1.09. The van der Waals surface area contributed by atoms with Gasteiger partial charge in [0.2, 0.25) is 0 Å². The average molecular weight is 185 g/mol. The summed E-state index contributed by atoms with van der Waals surface area (Å²) in [6.45, 7) is 2.20. The largest absolute Gasteiger partial charge is 0.388 e. The summed E-state index contributed by atoms with van der Waals surface area (Å²) in [4.78, 5) is 0. The molecule has 14 heavy (non-hydrogen) atoms. The van der Waals surface area contributed by atoms with E-state index in [4.69, 9.17) is 0 Å². The first-order chi connectivity index (χ1) is 6.86. The van der Waals surface area contributed by atoms with E-state index in [1.54, 1.807) is 0 Å². The van der Waals surface area contributed by atoms with Gasteiger partial charge in [0.15, 0.2) is 0 Å². The van der Waals surface area contributed by atoms with E-state index in [2.05, 4.69) is 48.6 Å². The van der Waals surface area contributed by atoms with Crippen molar-refractivity contribution in [1.29, 1.82) is 0 Å². The van der Waals surface area contributed by atoms with Gasteiger partial charge in [-0.2, -0.15) is 0 Å². The third-order valence-corrected chi connectivity index (χ3v) is 2.66. The highest BCUT2D eigenvalue weighted by atomic mass is 14.8. The third kappa shape index (κ3) is 1.35. The predicted molar refractivity (Wildman–Crippen MR) is 62.9 cm³/mol. The van der Waals surface area contributed by atoms with E-state index in [0.717, 1.165) is 6.42 Å². The van der Waals surface area contributed by atoms with Gasteiger partial charge < -0.3 is 5.32 Å². The van der Waals surface area contributed by atoms with Crippen LogP contribution in [0, 0.1) is 0 Å². The van der Waals surface area contributed by atoms with Gasteiger partial charge in [0, 0.05) is 18.1 Å². The van der Waals surface area contributed by atoms with Crippen molar-refractivity contribution in [3.05, 3.63) is 42.0 Å². The first-order valence-corrected chi connectivity index (χ1v) is 5.05. The number of benzene rings is 2. The molecule has 0 heterocycles. The molecule has 0 unspecified atom stereocenters. The van der Waals surface area contributed by atoms with Crippen LogP contribution < -0.4 is 5.32 Å². The summed E-state index contributed by atoms with van der Waals surface area (Å²) in [6, 6.07) is 12.9. The minimum Gasteiger partial charge on any atom is -0.388 e. The Hall–Kier alpha value is -1.50. The highest BCUT2D eigenvalue weighted by Crippen LogP contribution is 2.25. The molecule has 0 aliphatic carbocycles. The summed E-state index contributed by atoms with van der Waals surface area (Å²) in [5.41, 5.74) is 2.62. The number of aryl methyl sites for hydroxylation is 1. The van der Waals surface area contributed by atoms with Gasteiger partial charge in [-0.3, -0.25) is 0 Å². The van der Waals surface area contributed by atoms with E-state index in [-0.39, 0.29) is 0 Å². The molecule has 0 saturated heterocycles. The van der Waals surface area contributed by atoms with E-state index in [9.17, 15) is 0 Å². The van der Waals surface area contributed by atoms with E-state index >= 15 is 0 Å². The molecule has 0 aliphatic heterocycles. The molecule has 2 rings (SSSR count). The summed E-state index contributed by atoms with van der Waals surface area (Å²) in [5, 5.41) is 5.90. The van der Waals surface area contributed by atoms with Crippen molar-refractivity contribution < 1.29 is 0 Å². The smallest absolute Gasteiger partial charge is 0.0417 e. The molecule has 1 nitrogen and oxygen atoms in total. The highest BCUT2D eigenvalue weighted by Gasteiger charge is 2.01.